The highest BCUT2D eigenvalue weighted by Crippen LogP contribution is 2.25. The summed E-state index contributed by atoms with van der Waals surface area (Å²) in [6, 6.07) is 9.93. The van der Waals surface area contributed by atoms with Crippen LogP contribution in [-0.2, 0) is 9.57 Å². The zero-order valence-corrected chi connectivity index (χ0v) is 13.6. The zero-order chi connectivity index (χ0) is 18.1. The van der Waals surface area contributed by atoms with Crippen molar-refractivity contribution in [2.24, 2.45) is 0 Å². The number of hydrogen-bond donors (Lipinski definition) is 0. The fourth-order valence-corrected chi connectivity index (χ4v) is 2.50. The fourth-order valence-electron chi connectivity index (χ4n) is 2.31. The number of halogens is 1. The third-order valence-electron chi connectivity index (χ3n) is 3.54. The molecule has 0 unspecified atom stereocenters. The molecule has 3 rings (SSSR count). The average Bonchev–Trinajstić information content (AvgIpc) is 2.86. The molecule has 0 saturated carbocycles. The first-order valence-electron chi connectivity index (χ1n) is 7.02. The van der Waals surface area contributed by atoms with E-state index in [-0.39, 0.29) is 27.3 Å². The van der Waals surface area contributed by atoms with Gasteiger partial charge in [0.05, 0.1) is 34.4 Å². The number of esters is 1. The highest BCUT2D eigenvalue weighted by atomic mass is 35.5. The van der Waals surface area contributed by atoms with Crippen LogP contribution in [0.2, 0.25) is 5.02 Å². The molecule has 25 heavy (non-hydrogen) atoms. The zero-order valence-electron chi connectivity index (χ0n) is 12.8. The Kier molecular flexibility index (Phi) is 4.24. The number of rotatable bonds is 3. The standard InChI is InChI=1S/C17H10ClNO6/c1-24-16(22)9-6-7-13(18)12(8-9)17(23)25-19-14(20)10-4-2-3-5-11(10)15(19)21/h2-8H,1H3. The number of methoxy groups -OCH3 is 1. The molecule has 0 N–H and O–H groups in total. The van der Waals surface area contributed by atoms with Crippen LogP contribution in [0.25, 0.3) is 0 Å². The van der Waals surface area contributed by atoms with E-state index < -0.39 is 23.8 Å². The van der Waals surface area contributed by atoms with Gasteiger partial charge in [0.15, 0.2) is 0 Å². The number of fused-ring (bicyclic) bond motifs is 1. The van der Waals surface area contributed by atoms with E-state index >= 15 is 0 Å². The predicted octanol–water partition coefficient (Wildman–Crippen LogP) is 2.49. The molecule has 2 aromatic rings. The van der Waals surface area contributed by atoms with Crippen LogP contribution in [0.1, 0.15) is 41.4 Å². The van der Waals surface area contributed by atoms with Crippen molar-refractivity contribution in [3.63, 3.8) is 0 Å². The molecule has 0 spiro atoms. The maximum Gasteiger partial charge on any atom is 0.365 e. The number of carbonyl (C=O) groups is 4. The van der Waals surface area contributed by atoms with Crippen LogP contribution in [0, 0.1) is 0 Å². The highest BCUT2D eigenvalue weighted by Gasteiger charge is 2.39. The van der Waals surface area contributed by atoms with Gasteiger partial charge in [-0.2, -0.15) is 0 Å². The Balaban J connectivity index is 1.88. The molecule has 0 fully saturated rings. The van der Waals surface area contributed by atoms with E-state index in [2.05, 4.69) is 4.74 Å². The van der Waals surface area contributed by atoms with Crippen molar-refractivity contribution >= 4 is 35.4 Å². The predicted molar refractivity (Wildman–Crippen MR) is 85.1 cm³/mol. The lowest BCUT2D eigenvalue weighted by molar-refractivity contribution is -0.0584. The highest BCUT2D eigenvalue weighted by molar-refractivity contribution is 6.33. The number of hydroxylamine groups is 2. The minimum Gasteiger partial charge on any atom is -0.465 e. The van der Waals surface area contributed by atoms with Gasteiger partial charge in [-0.15, -0.1) is 0 Å². The third kappa shape index (κ3) is 2.85. The molecule has 0 saturated heterocycles. The molecule has 2 aromatic carbocycles. The first kappa shape index (κ1) is 16.7. The molecule has 126 valence electrons. The van der Waals surface area contributed by atoms with Gasteiger partial charge in [-0.25, -0.2) is 9.59 Å². The lowest BCUT2D eigenvalue weighted by atomic mass is 10.1. The van der Waals surface area contributed by atoms with Gasteiger partial charge in [-0.3, -0.25) is 9.59 Å². The monoisotopic (exact) mass is 359 g/mol. The molecule has 8 heteroatoms. The molecule has 0 radical (unpaired) electrons. The summed E-state index contributed by atoms with van der Waals surface area (Å²) >= 11 is 5.95. The van der Waals surface area contributed by atoms with Crippen LogP contribution in [-0.4, -0.2) is 35.9 Å². The molecule has 7 nitrogen and oxygen atoms in total. The van der Waals surface area contributed by atoms with Gasteiger partial charge in [0.1, 0.15) is 0 Å². The number of imide groups is 1. The Morgan fingerprint density at radius 1 is 0.960 bits per heavy atom. The Hall–Kier alpha value is -3.19. The lowest BCUT2D eigenvalue weighted by Crippen LogP contribution is -2.32. The smallest absolute Gasteiger partial charge is 0.365 e. The number of ether oxygens (including phenoxy) is 1. The third-order valence-corrected chi connectivity index (χ3v) is 3.87. The molecule has 0 bridgehead atoms. The molecule has 1 aliphatic rings. The second-order valence-corrected chi connectivity index (χ2v) is 5.42. The van der Waals surface area contributed by atoms with Crippen molar-refractivity contribution in [1.29, 1.82) is 0 Å². The summed E-state index contributed by atoms with van der Waals surface area (Å²) in [6.07, 6.45) is 0. The molecule has 0 atom stereocenters. The maximum atomic E-state index is 12.3. The molecular formula is C17H10ClNO6. The van der Waals surface area contributed by atoms with Gasteiger partial charge >= 0.3 is 11.9 Å². The second-order valence-electron chi connectivity index (χ2n) is 5.02. The Morgan fingerprint density at radius 3 is 2.12 bits per heavy atom. The van der Waals surface area contributed by atoms with E-state index in [9.17, 15) is 19.2 Å². The van der Waals surface area contributed by atoms with Crippen LogP contribution in [0.15, 0.2) is 42.5 Å². The summed E-state index contributed by atoms with van der Waals surface area (Å²) in [6.45, 7) is 0. The van der Waals surface area contributed by atoms with Crippen molar-refractivity contribution in [1.82, 2.24) is 5.06 Å². The second kappa shape index (κ2) is 6.37. The molecule has 0 aliphatic carbocycles. The molecule has 1 heterocycles. The van der Waals surface area contributed by atoms with E-state index in [0.29, 0.717) is 5.06 Å². The number of amides is 2. The number of carbonyl (C=O) groups excluding carboxylic acids is 4. The number of hydrogen-bond acceptors (Lipinski definition) is 6. The topological polar surface area (TPSA) is 90.0 Å². The van der Waals surface area contributed by atoms with Crippen molar-refractivity contribution in [3.05, 3.63) is 69.7 Å². The largest absolute Gasteiger partial charge is 0.465 e. The van der Waals surface area contributed by atoms with Crippen LogP contribution in [0.4, 0.5) is 0 Å². The van der Waals surface area contributed by atoms with Crippen LogP contribution < -0.4 is 0 Å². The van der Waals surface area contributed by atoms with Gasteiger partial charge in [0.25, 0.3) is 11.8 Å². The van der Waals surface area contributed by atoms with Crippen molar-refractivity contribution < 1.29 is 28.8 Å². The van der Waals surface area contributed by atoms with Crippen molar-refractivity contribution in [2.45, 2.75) is 0 Å². The number of nitrogens with zero attached hydrogens (tertiary/aromatic N) is 1. The molecule has 0 aromatic heterocycles. The maximum absolute atomic E-state index is 12.3. The van der Waals surface area contributed by atoms with Gasteiger partial charge < -0.3 is 9.57 Å². The van der Waals surface area contributed by atoms with Crippen molar-refractivity contribution in [3.8, 4) is 0 Å². The van der Waals surface area contributed by atoms with Crippen LogP contribution in [0.5, 0.6) is 0 Å². The first-order valence-corrected chi connectivity index (χ1v) is 7.40. The normalized spacial score (nSPS) is 12.8. The Bertz CT molecular complexity index is 888. The number of benzene rings is 2. The summed E-state index contributed by atoms with van der Waals surface area (Å²) in [4.78, 5) is 53.2. The van der Waals surface area contributed by atoms with E-state index in [1.165, 1.54) is 31.4 Å². The summed E-state index contributed by atoms with van der Waals surface area (Å²) < 4.78 is 4.57. The van der Waals surface area contributed by atoms with Gasteiger partial charge in [-0.1, -0.05) is 28.8 Å². The van der Waals surface area contributed by atoms with Crippen molar-refractivity contribution in [2.75, 3.05) is 7.11 Å². The van der Waals surface area contributed by atoms with E-state index in [4.69, 9.17) is 16.4 Å². The van der Waals surface area contributed by atoms with Gasteiger partial charge in [0, 0.05) is 0 Å². The fraction of sp³-hybridized carbons (Fsp3) is 0.0588. The summed E-state index contributed by atoms with van der Waals surface area (Å²) in [7, 11) is 1.19. The van der Waals surface area contributed by atoms with E-state index in [1.54, 1.807) is 12.1 Å². The SMILES string of the molecule is COC(=O)c1ccc(Cl)c(C(=O)ON2C(=O)c3ccccc3C2=O)c1. The first-order chi connectivity index (χ1) is 11.9. The van der Waals surface area contributed by atoms with Crippen LogP contribution in [0.3, 0.4) is 0 Å². The van der Waals surface area contributed by atoms with Gasteiger partial charge in [0.2, 0.25) is 0 Å². The van der Waals surface area contributed by atoms with E-state index in [0.717, 1.165) is 6.07 Å². The summed E-state index contributed by atoms with van der Waals surface area (Å²) in [5.74, 6) is -3.24. The van der Waals surface area contributed by atoms with E-state index in [1.807, 2.05) is 0 Å². The lowest BCUT2D eigenvalue weighted by Gasteiger charge is -2.13. The molecule has 1 aliphatic heterocycles. The quantitative estimate of drug-likeness (QED) is 0.617. The summed E-state index contributed by atoms with van der Waals surface area (Å²) in [5, 5.41) is 0.364. The summed E-state index contributed by atoms with van der Waals surface area (Å²) in [5.41, 5.74) is 0.159. The molecular weight excluding hydrogens is 350 g/mol. The molecule has 2 amide bonds. The minimum absolute atomic E-state index is 0.00531. The minimum atomic E-state index is -1.05. The Morgan fingerprint density at radius 2 is 1.56 bits per heavy atom. The Labute approximate surface area is 146 Å². The average molecular weight is 360 g/mol. The van der Waals surface area contributed by atoms with Gasteiger partial charge in [-0.05, 0) is 30.3 Å². The van der Waals surface area contributed by atoms with Crippen LogP contribution >= 0.6 is 11.6 Å².